The quantitative estimate of drug-likeness (QED) is 0.157. The molecule has 1 fully saturated rings. The Bertz CT molecular complexity index is 1930. The van der Waals surface area contributed by atoms with Gasteiger partial charge in [0.05, 0.1) is 37.2 Å². The number of likely N-dealkylation sites (tertiary alicyclic amines) is 1. The minimum Gasteiger partial charge on any atom is -0.457 e. The predicted molar refractivity (Wildman–Crippen MR) is 207 cm³/mol. The molecule has 4 aromatic rings. The number of para-hydroxylation sites is 2. The van der Waals surface area contributed by atoms with Crippen molar-refractivity contribution in [3.8, 4) is 22.6 Å². The van der Waals surface area contributed by atoms with Gasteiger partial charge in [0.15, 0.2) is 0 Å². The maximum Gasteiger partial charge on any atom is 0.409 e. The number of methoxy groups -OCH3 is 1. The van der Waals surface area contributed by atoms with Crippen molar-refractivity contribution in [2.75, 3.05) is 53.2 Å². The highest BCUT2D eigenvalue weighted by Gasteiger charge is 2.44. The van der Waals surface area contributed by atoms with Crippen LogP contribution in [0.5, 0.6) is 11.5 Å². The molecule has 0 saturated carbocycles. The van der Waals surface area contributed by atoms with Gasteiger partial charge in [0.1, 0.15) is 23.7 Å². The Hall–Kier alpha value is -5.39. The lowest BCUT2D eigenvalue weighted by atomic mass is 9.72. The summed E-state index contributed by atoms with van der Waals surface area (Å²) in [5, 5.41) is 6.14. The molecule has 7 rings (SSSR count). The number of hydrogen-bond acceptors (Lipinski definition) is 8. The van der Waals surface area contributed by atoms with Gasteiger partial charge in [-0.15, -0.1) is 0 Å². The van der Waals surface area contributed by atoms with Crippen molar-refractivity contribution in [1.82, 2.24) is 15.5 Å². The van der Waals surface area contributed by atoms with E-state index in [1.54, 1.807) is 27.9 Å². The number of carbonyl (C=O) groups excluding carboxylic acids is 3. The van der Waals surface area contributed by atoms with Crippen LogP contribution in [0.1, 0.15) is 55.4 Å². The predicted octanol–water partition coefficient (Wildman–Crippen LogP) is 7.02. The molecule has 2 atom stereocenters. The van der Waals surface area contributed by atoms with Crippen molar-refractivity contribution in [2.45, 2.75) is 50.2 Å². The molecule has 11 heteroatoms. The van der Waals surface area contributed by atoms with Gasteiger partial charge in [-0.05, 0) is 61.6 Å². The van der Waals surface area contributed by atoms with Crippen LogP contribution in [-0.4, -0.2) is 87.8 Å². The first-order valence-electron chi connectivity index (χ1n) is 18.9. The van der Waals surface area contributed by atoms with Crippen LogP contribution in [0.4, 0.5) is 9.59 Å². The van der Waals surface area contributed by atoms with Gasteiger partial charge >= 0.3 is 12.2 Å². The minimum atomic E-state index is -0.788. The standard InChI is InChI=1S/C44H49N3O8/c1-43(2,3)55-41(49)46-30-23-29(24-47(25-30)42(50)53-26-35-33-15-7-5-13-31(33)32-14-6-8-16-34(32)35)40(48)45-27-44(28-52-22-21-51-4)36-17-9-11-19-38(36)54-39-20-12-10-18-37(39)44/h5-20,29-30,35H,21-28H2,1-4H3,(H,45,48)(H,46,49)/t29-,30+/m0/s1. The molecular weight excluding hydrogens is 698 g/mol. The van der Waals surface area contributed by atoms with Gasteiger partial charge in [0.2, 0.25) is 5.91 Å². The Morgan fingerprint density at radius 1 is 0.818 bits per heavy atom. The molecule has 3 aliphatic rings. The van der Waals surface area contributed by atoms with Crippen LogP contribution in [0.2, 0.25) is 0 Å². The lowest BCUT2D eigenvalue weighted by molar-refractivity contribution is -0.127. The average Bonchev–Trinajstić information content (AvgIpc) is 3.50. The fourth-order valence-corrected chi connectivity index (χ4v) is 8.04. The third-order valence-electron chi connectivity index (χ3n) is 10.5. The van der Waals surface area contributed by atoms with Crippen LogP contribution in [0, 0.1) is 5.92 Å². The Morgan fingerprint density at radius 2 is 1.42 bits per heavy atom. The molecule has 4 aromatic carbocycles. The molecule has 1 aliphatic carbocycles. The molecule has 2 aliphatic heterocycles. The number of benzene rings is 4. The van der Waals surface area contributed by atoms with Crippen molar-refractivity contribution >= 4 is 18.1 Å². The lowest BCUT2D eigenvalue weighted by Gasteiger charge is -2.41. The summed E-state index contributed by atoms with van der Waals surface area (Å²) in [7, 11) is 1.62. The molecule has 3 amide bonds. The Morgan fingerprint density at radius 3 is 2.04 bits per heavy atom. The maximum absolute atomic E-state index is 14.3. The summed E-state index contributed by atoms with van der Waals surface area (Å²) in [6.07, 6.45) is -0.870. The van der Waals surface area contributed by atoms with Crippen LogP contribution in [0.15, 0.2) is 97.1 Å². The number of amides is 3. The monoisotopic (exact) mass is 747 g/mol. The van der Waals surface area contributed by atoms with Crippen LogP contribution >= 0.6 is 0 Å². The van der Waals surface area contributed by atoms with E-state index in [0.29, 0.717) is 31.1 Å². The molecule has 1 saturated heterocycles. The highest BCUT2D eigenvalue weighted by Crippen LogP contribution is 2.48. The molecule has 0 spiro atoms. The van der Waals surface area contributed by atoms with Gasteiger partial charge in [0.25, 0.3) is 0 Å². The molecular formula is C44H49N3O8. The summed E-state index contributed by atoms with van der Waals surface area (Å²) in [6.45, 7) is 7.01. The zero-order chi connectivity index (χ0) is 38.6. The zero-order valence-electron chi connectivity index (χ0n) is 31.8. The molecule has 11 nitrogen and oxygen atoms in total. The number of nitrogens with one attached hydrogen (secondary N) is 2. The van der Waals surface area contributed by atoms with E-state index in [1.165, 1.54) is 4.90 Å². The van der Waals surface area contributed by atoms with Crippen LogP contribution in [-0.2, 0) is 29.2 Å². The van der Waals surface area contributed by atoms with Gasteiger partial charge in [-0.2, -0.15) is 0 Å². The fourth-order valence-electron chi connectivity index (χ4n) is 8.04. The second-order valence-electron chi connectivity index (χ2n) is 15.4. The number of nitrogens with zero attached hydrogens (tertiary/aromatic N) is 1. The van der Waals surface area contributed by atoms with E-state index in [0.717, 1.165) is 33.4 Å². The minimum absolute atomic E-state index is 0.114. The average molecular weight is 748 g/mol. The first-order chi connectivity index (χ1) is 26.6. The number of fused-ring (bicyclic) bond motifs is 5. The topological polar surface area (TPSA) is 125 Å². The smallest absolute Gasteiger partial charge is 0.409 e. The fraction of sp³-hybridized carbons (Fsp3) is 0.386. The van der Waals surface area contributed by atoms with E-state index in [9.17, 15) is 14.4 Å². The highest BCUT2D eigenvalue weighted by atomic mass is 16.6. The Labute approximate surface area is 322 Å². The van der Waals surface area contributed by atoms with Crippen molar-refractivity contribution in [2.24, 2.45) is 5.92 Å². The van der Waals surface area contributed by atoms with E-state index < -0.39 is 35.2 Å². The highest BCUT2D eigenvalue weighted by molar-refractivity contribution is 5.81. The Kier molecular flexibility index (Phi) is 11.1. The van der Waals surface area contributed by atoms with E-state index in [2.05, 4.69) is 34.9 Å². The third kappa shape index (κ3) is 8.18. The molecule has 0 unspecified atom stereocenters. The maximum atomic E-state index is 14.3. The number of carbonyl (C=O) groups is 3. The zero-order valence-corrected chi connectivity index (χ0v) is 31.8. The summed E-state index contributed by atoms with van der Waals surface area (Å²) in [4.78, 5) is 42.7. The summed E-state index contributed by atoms with van der Waals surface area (Å²) < 4.78 is 29.3. The first-order valence-corrected chi connectivity index (χ1v) is 18.9. The van der Waals surface area contributed by atoms with Crippen LogP contribution in [0.25, 0.3) is 11.1 Å². The van der Waals surface area contributed by atoms with Gasteiger partial charge in [-0.25, -0.2) is 9.59 Å². The van der Waals surface area contributed by atoms with Crippen molar-refractivity contribution < 1.29 is 38.1 Å². The van der Waals surface area contributed by atoms with Gasteiger partial charge in [-0.3, -0.25) is 4.79 Å². The number of alkyl carbamates (subject to hydrolysis) is 1. The molecule has 288 valence electrons. The van der Waals surface area contributed by atoms with Crippen molar-refractivity contribution in [1.29, 1.82) is 0 Å². The first kappa shape index (κ1) is 37.9. The van der Waals surface area contributed by atoms with Crippen molar-refractivity contribution in [3.05, 3.63) is 119 Å². The van der Waals surface area contributed by atoms with E-state index in [4.69, 9.17) is 23.7 Å². The molecule has 2 N–H and O–H groups in total. The second kappa shape index (κ2) is 16.1. The number of rotatable bonds is 11. The number of ether oxygens (including phenoxy) is 5. The third-order valence-corrected chi connectivity index (χ3v) is 10.5. The summed E-state index contributed by atoms with van der Waals surface area (Å²) in [5.74, 6) is 0.331. The van der Waals surface area contributed by atoms with Crippen LogP contribution in [0.3, 0.4) is 0 Å². The SMILES string of the molecule is COCCOCC1(CNC(=O)[C@H]2C[C@@H](NC(=O)OC(C)(C)C)CN(C(=O)OCC3c4ccccc4-c4ccccc43)C2)c2ccccc2Oc2ccccc21. The van der Waals surface area contributed by atoms with Gasteiger partial charge < -0.3 is 39.2 Å². The lowest BCUT2D eigenvalue weighted by Crippen LogP contribution is -2.57. The normalized spacial score (nSPS) is 18.1. The van der Waals surface area contributed by atoms with Gasteiger partial charge in [-0.1, -0.05) is 84.9 Å². The molecule has 0 bridgehead atoms. The molecule has 0 aromatic heterocycles. The van der Waals surface area contributed by atoms with E-state index in [-0.39, 0.29) is 44.7 Å². The van der Waals surface area contributed by atoms with Crippen molar-refractivity contribution in [3.63, 3.8) is 0 Å². The largest absolute Gasteiger partial charge is 0.457 e. The summed E-state index contributed by atoms with van der Waals surface area (Å²) >= 11 is 0. The summed E-state index contributed by atoms with van der Waals surface area (Å²) in [5.41, 5.74) is 4.74. The molecule has 0 radical (unpaired) electrons. The molecule has 2 heterocycles. The van der Waals surface area contributed by atoms with Crippen LogP contribution < -0.4 is 15.4 Å². The van der Waals surface area contributed by atoms with Gasteiger partial charge in [0, 0.05) is 43.8 Å². The Balaban J connectivity index is 1.11. The van der Waals surface area contributed by atoms with E-state index >= 15 is 0 Å². The second-order valence-corrected chi connectivity index (χ2v) is 15.4. The van der Waals surface area contributed by atoms with E-state index in [1.807, 2.05) is 72.8 Å². The number of hydrogen-bond donors (Lipinski definition) is 2. The molecule has 55 heavy (non-hydrogen) atoms. The summed E-state index contributed by atoms with van der Waals surface area (Å²) in [6, 6.07) is 31.3. The number of piperidine rings is 1.